The van der Waals surface area contributed by atoms with E-state index in [1.165, 1.54) is 324 Å². The molecule has 1 saturated heterocycles. The Morgan fingerprint density at radius 3 is 1.12 bits per heavy atom. The highest BCUT2D eigenvalue weighted by molar-refractivity contribution is 7.99. The minimum Gasteiger partial charge on any atom is -0.469 e. The highest BCUT2D eigenvalue weighted by atomic mass is 35.5. The maximum atomic E-state index is 12.1. The Balaban J connectivity index is 0.000000459. The van der Waals surface area contributed by atoms with Crippen molar-refractivity contribution in [2.45, 2.75) is 400 Å². The highest BCUT2D eigenvalue weighted by Gasteiger charge is 2.39. The predicted molar refractivity (Wildman–Crippen MR) is 614 cm³/mol. The van der Waals surface area contributed by atoms with Gasteiger partial charge in [0.1, 0.15) is 25.2 Å². The van der Waals surface area contributed by atoms with Gasteiger partial charge in [0.05, 0.1) is 53.0 Å². The lowest BCUT2D eigenvalue weighted by atomic mass is 9.99. The molecule has 8 aromatic rings. The van der Waals surface area contributed by atoms with Crippen LogP contribution < -0.4 is 16.4 Å². The van der Waals surface area contributed by atoms with Crippen molar-refractivity contribution < 1.29 is 76.7 Å². The van der Waals surface area contributed by atoms with Crippen LogP contribution in [0.25, 0.3) is 6.08 Å². The summed E-state index contributed by atoms with van der Waals surface area (Å²) >= 11 is 15.1. The van der Waals surface area contributed by atoms with E-state index in [0.29, 0.717) is 42.6 Å². The molecule has 0 aromatic heterocycles. The van der Waals surface area contributed by atoms with Crippen molar-refractivity contribution in [1.82, 2.24) is 0 Å². The van der Waals surface area contributed by atoms with Gasteiger partial charge in [-0.15, -0.1) is 37.0 Å². The zero-order valence-electron chi connectivity index (χ0n) is 90.4. The monoisotopic (exact) mass is 2100 g/mol. The first-order valence-corrected chi connectivity index (χ1v) is 56.7. The van der Waals surface area contributed by atoms with Crippen LogP contribution in [0.4, 0.5) is 17.1 Å². The second-order valence-electron chi connectivity index (χ2n) is 37.7. The van der Waals surface area contributed by atoms with Crippen molar-refractivity contribution in [3.05, 3.63) is 256 Å². The number of carbonyl (C=O) groups is 9. The number of nitrogen functional groups attached to an aromatic ring is 1. The second kappa shape index (κ2) is 87.0. The van der Waals surface area contributed by atoms with Gasteiger partial charge < -0.3 is 49.9 Å². The molecule has 2 unspecified atom stereocenters. The number of thiol groups is 2. The number of anilines is 3. The molecule has 1 aliphatic rings. The molecule has 19 nitrogen and oxygen atoms in total. The van der Waals surface area contributed by atoms with E-state index in [1.807, 2.05) is 78.9 Å². The van der Waals surface area contributed by atoms with Crippen molar-refractivity contribution in [1.29, 1.82) is 0 Å². The molecule has 810 valence electrons. The number of epoxide rings is 1. The maximum absolute atomic E-state index is 12.1. The lowest BCUT2D eigenvalue weighted by molar-refractivity contribution is -0.144. The smallest absolute Gasteiger partial charge is 0.315 e. The van der Waals surface area contributed by atoms with Gasteiger partial charge in [0.25, 0.3) is 5.24 Å². The van der Waals surface area contributed by atoms with E-state index in [1.54, 1.807) is 30.3 Å². The number of unbranched alkanes of at least 4 members (excludes halogenated alkanes) is 31. The SMILES string of the molecule is CCCCCCCCCc1ccc(C(=O)Cl)cc1.CCCCCCCCCc1ccc(C2OC2CCCC(=O)OC)cc1.CCCCCCCCCc1ccc(C=CCCCC(=O)OC)cc1.CCCCCCCCCc1ccc(C=O)cc1.CCCCCCCCCc1ccc([C@@H](Sc2cccc(NC(=O)CC(=O)OC)c2)[C@@H](O)CCCC(=O)OC)cc1.COC(=O)CC(=O)Nc1cccc(S)c1.Nc1cccc(S)c1. The fourth-order valence-corrected chi connectivity index (χ4v) is 18.0. The van der Waals surface area contributed by atoms with Crippen LogP contribution in [-0.4, -0.2) is 106 Å². The molecule has 8 aromatic carbocycles. The molecule has 4 atom stereocenters. The van der Waals surface area contributed by atoms with Gasteiger partial charge >= 0.3 is 29.8 Å². The van der Waals surface area contributed by atoms with Gasteiger partial charge in [-0.25, -0.2) is 0 Å². The topological polar surface area (TPSA) is 283 Å². The number of hydrogen-bond acceptors (Lipinski definition) is 20. The van der Waals surface area contributed by atoms with Gasteiger partial charge in [-0.2, -0.15) is 0 Å². The average molecular weight is 2100 g/mol. The van der Waals surface area contributed by atoms with Crippen LogP contribution in [0.3, 0.4) is 0 Å². The molecule has 5 N–H and O–H groups in total. The molecule has 147 heavy (non-hydrogen) atoms. The zero-order valence-corrected chi connectivity index (χ0v) is 93.8. The Morgan fingerprint density at radius 2 is 0.748 bits per heavy atom. The molecule has 1 aliphatic heterocycles. The number of allylic oxidation sites excluding steroid dienone is 1. The first kappa shape index (κ1) is 131. The summed E-state index contributed by atoms with van der Waals surface area (Å²) in [6, 6.07) is 63.5. The van der Waals surface area contributed by atoms with Crippen LogP contribution in [0.15, 0.2) is 215 Å². The van der Waals surface area contributed by atoms with Gasteiger partial charge in [-0.1, -0.05) is 367 Å². The van der Waals surface area contributed by atoms with E-state index in [2.05, 4.69) is 187 Å². The van der Waals surface area contributed by atoms with E-state index in [4.69, 9.17) is 26.8 Å². The number of benzene rings is 8. The van der Waals surface area contributed by atoms with Crippen molar-refractivity contribution in [3.63, 3.8) is 0 Å². The van der Waals surface area contributed by atoms with E-state index >= 15 is 0 Å². The van der Waals surface area contributed by atoms with Crippen LogP contribution in [-0.2, 0) is 94.1 Å². The summed E-state index contributed by atoms with van der Waals surface area (Å²) < 4.78 is 28.7. The molecule has 0 radical (unpaired) electrons. The quantitative estimate of drug-likeness (QED) is 0.00197. The van der Waals surface area contributed by atoms with E-state index in [9.17, 15) is 48.3 Å². The molecule has 0 aliphatic carbocycles. The first-order valence-electron chi connectivity index (χ1n) is 54.5. The molecule has 23 heteroatoms. The molecule has 0 bridgehead atoms. The van der Waals surface area contributed by atoms with E-state index < -0.39 is 29.9 Å². The Hall–Kier alpha value is -9.81. The number of nitrogens with one attached hydrogen (secondary N) is 2. The molecule has 9 rings (SSSR count). The summed E-state index contributed by atoms with van der Waals surface area (Å²) in [7, 11) is 6.72. The number of methoxy groups -OCH3 is 5. The largest absolute Gasteiger partial charge is 0.469 e. The number of aliphatic hydroxyl groups excluding tert-OH is 1. The number of aldehydes is 1. The van der Waals surface area contributed by atoms with Crippen molar-refractivity contribution in [3.8, 4) is 0 Å². The van der Waals surface area contributed by atoms with E-state index in [-0.39, 0.29) is 59.9 Å². The summed E-state index contributed by atoms with van der Waals surface area (Å²) in [5.74, 6) is -2.57. The van der Waals surface area contributed by atoms with Crippen LogP contribution in [0.2, 0.25) is 0 Å². The molecule has 2 amide bonds. The van der Waals surface area contributed by atoms with Gasteiger partial charge in [0, 0.05) is 62.1 Å². The number of thioether (sulfide) groups is 1. The number of ether oxygens (including phenoxy) is 6. The fraction of sp³-hybridized carbons (Fsp3) is 0.524. The van der Waals surface area contributed by atoms with Crippen LogP contribution in [0.1, 0.15) is 407 Å². The average Bonchev–Trinajstić information content (AvgIpc) is 1.63. The second-order valence-corrected chi connectivity index (χ2v) is 40.3. The van der Waals surface area contributed by atoms with Crippen molar-refractivity contribution in [2.24, 2.45) is 0 Å². The Bertz CT molecular complexity index is 4830. The zero-order chi connectivity index (χ0) is 107. The number of nitrogens with two attached hydrogens (primary N) is 1. The third-order valence-corrected chi connectivity index (χ3v) is 27.3. The number of carbonyl (C=O) groups excluding carboxylic acids is 9. The number of aliphatic hydroxyl groups is 1. The minimum absolute atomic E-state index is 0.127. The third-order valence-electron chi connectivity index (χ3n) is 25.1. The Morgan fingerprint density at radius 1 is 0.401 bits per heavy atom. The van der Waals surface area contributed by atoms with Crippen LogP contribution >= 0.6 is 48.6 Å². The molecular weight excluding hydrogens is 1920 g/mol. The van der Waals surface area contributed by atoms with Gasteiger partial charge in [-0.3, -0.25) is 43.2 Å². The number of halogens is 1. The highest BCUT2D eigenvalue weighted by Crippen LogP contribution is 2.43. The number of aryl methyl sites for hydroxylation is 5. The van der Waals surface area contributed by atoms with Crippen LogP contribution in [0.5, 0.6) is 0 Å². The summed E-state index contributed by atoms with van der Waals surface area (Å²) in [6.45, 7) is 11.3. The summed E-state index contributed by atoms with van der Waals surface area (Å²) in [6.07, 6.45) is 62.5. The fourth-order valence-electron chi connectivity index (χ4n) is 16.2. The summed E-state index contributed by atoms with van der Waals surface area (Å²) in [4.78, 5) is 103. The third kappa shape index (κ3) is 68.5. The van der Waals surface area contributed by atoms with Gasteiger partial charge in [0.2, 0.25) is 11.8 Å². The minimum atomic E-state index is -0.693. The molecule has 0 saturated carbocycles. The molecule has 0 spiro atoms. The van der Waals surface area contributed by atoms with E-state index in [0.717, 1.165) is 82.7 Å². The molecular formula is C124H178ClN3O16S3. The number of hydrogen-bond donors (Lipinski definition) is 6. The summed E-state index contributed by atoms with van der Waals surface area (Å²) in [5.41, 5.74) is 19.0. The van der Waals surface area contributed by atoms with Gasteiger partial charge in [-0.05, 0) is 226 Å². The standard InChI is InChI=1S/C32H45NO6S.C22H34O3.C22H34O2.C16H23ClO.C16H24O.C10H11NO3S.C6H7NS/c1-4-5-6-7-8-9-10-13-24-18-20-25(21-19-24)32(28(34)16-12-17-30(36)38-2)40-27-15-11-14-26(22-27)33-29(35)23-31(37)39-3;1-3-4-5-6-7-8-9-11-18-14-16-19(17-15-18)22-20(25-22)12-10-13-21(23)24-2;1-3-4-5-6-7-8-10-13-20-16-18-21(19-17-20)14-11-9-12-15-22(23)24-2;1-2-3-4-5-6-7-8-9-14-10-12-15(13-11-14)16(17)18;1-2-3-4-5-6-7-8-9-15-10-12-16(14-17)13-11-15;1-14-10(13)6-9(12)11-7-3-2-4-8(15)5-7;7-5-2-1-3-6(8)4-5/h11,14-15,18-22,28,32,34H,4-10,12-13,16-17,23H2,1-3H3,(H,33,35);14-17,20,22H,3-13H2,1-2H3;11,14,16-19H,3-10,12-13,15H2,1-2H3;10-13H,2-9H2,1H3;10-14H,2-9H2,1H3;2-5,15H,6H2,1H3,(H,11,12);1-4,8H,7H2/t28-,32+;;;;;;/m0....../s1. The van der Waals surface area contributed by atoms with Crippen molar-refractivity contribution in [2.75, 3.05) is 51.9 Å². The first-order chi connectivity index (χ1) is 71.4. The van der Waals surface area contributed by atoms with Crippen molar-refractivity contribution >= 4 is 125 Å². The van der Waals surface area contributed by atoms with Crippen LogP contribution in [0, 0.1) is 0 Å². The van der Waals surface area contributed by atoms with Gasteiger partial charge in [0.15, 0.2) is 0 Å². The predicted octanol–water partition coefficient (Wildman–Crippen LogP) is 32.3. The lowest BCUT2D eigenvalue weighted by Crippen LogP contribution is -2.17. The Kier molecular flexibility index (Phi) is 77.7. The number of esters is 5. The number of amides is 2. The maximum Gasteiger partial charge on any atom is 0.315 e. The molecule has 1 fully saturated rings. The Labute approximate surface area is 903 Å². The normalized spacial score (nSPS) is 12.4. The lowest BCUT2D eigenvalue weighted by Gasteiger charge is -2.24. The molecule has 1 heterocycles. The number of rotatable bonds is 66. The summed E-state index contributed by atoms with van der Waals surface area (Å²) in [5, 5.41) is 15.8.